The third-order valence-corrected chi connectivity index (χ3v) is 5.15. The van der Waals surface area contributed by atoms with Crippen LogP contribution >= 0.6 is 15.9 Å². The summed E-state index contributed by atoms with van der Waals surface area (Å²) >= 11 is 3.26. The Labute approximate surface area is 151 Å². The van der Waals surface area contributed by atoms with E-state index in [1.54, 1.807) is 24.0 Å². The Morgan fingerprint density at radius 3 is 2.72 bits per heavy atom. The van der Waals surface area contributed by atoms with Gasteiger partial charge < -0.3 is 14.1 Å². The molecule has 6 heteroatoms. The molecule has 3 aromatic rings. The van der Waals surface area contributed by atoms with Gasteiger partial charge in [-0.3, -0.25) is 0 Å². The molecular formula is C19H15BrFNO3. The van der Waals surface area contributed by atoms with Crippen molar-refractivity contribution >= 4 is 32.6 Å². The predicted molar refractivity (Wildman–Crippen MR) is 97.7 cm³/mol. The second-order valence-corrected chi connectivity index (χ2v) is 7.04. The van der Waals surface area contributed by atoms with Crippen LogP contribution in [0.2, 0.25) is 0 Å². The van der Waals surface area contributed by atoms with Gasteiger partial charge in [0.1, 0.15) is 17.1 Å². The molecule has 128 valence electrons. The van der Waals surface area contributed by atoms with Gasteiger partial charge in [0.05, 0.1) is 17.8 Å². The number of anilines is 1. The summed E-state index contributed by atoms with van der Waals surface area (Å²) in [5.74, 6) is 0.322. The molecule has 25 heavy (non-hydrogen) atoms. The summed E-state index contributed by atoms with van der Waals surface area (Å²) in [5, 5.41) is 0.873. The zero-order valence-electron chi connectivity index (χ0n) is 13.7. The predicted octanol–water partition coefficient (Wildman–Crippen LogP) is 4.67. The summed E-state index contributed by atoms with van der Waals surface area (Å²) in [4.78, 5) is 13.9. The van der Waals surface area contributed by atoms with E-state index in [9.17, 15) is 9.18 Å². The zero-order valence-corrected chi connectivity index (χ0v) is 15.3. The van der Waals surface area contributed by atoms with E-state index in [0.29, 0.717) is 33.6 Å². The molecule has 4 rings (SSSR count). The minimum Gasteiger partial charge on any atom is -0.473 e. The number of aryl methyl sites for hydroxylation is 1. The molecule has 0 amide bonds. The SMILES string of the molecule is Cc1c(C)c2ccc3c(c2oc1=O)CN(c1ccc(Br)cc1F)CO3. The first-order valence-corrected chi connectivity index (χ1v) is 8.63. The molecule has 2 heterocycles. The largest absolute Gasteiger partial charge is 0.473 e. The first kappa shape index (κ1) is 16.1. The van der Waals surface area contributed by atoms with Gasteiger partial charge in [0.2, 0.25) is 0 Å². The minimum absolute atomic E-state index is 0.228. The van der Waals surface area contributed by atoms with E-state index in [-0.39, 0.29) is 18.2 Å². The van der Waals surface area contributed by atoms with Gasteiger partial charge in [-0.2, -0.15) is 0 Å². The van der Waals surface area contributed by atoms with Crippen molar-refractivity contribution in [3.8, 4) is 5.75 Å². The van der Waals surface area contributed by atoms with E-state index in [0.717, 1.165) is 16.5 Å². The molecule has 0 saturated heterocycles. The van der Waals surface area contributed by atoms with Crippen molar-refractivity contribution in [1.82, 2.24) is 0 Å². The van der Waals surface area contributed by atoms with Gasteiger partial charge in [-0.1, -0.05) is 15.9 Å². The summed E-state index contributed by atoms with van der Waals surface area (Å²) in [6, 6.07) is 8.67. The maximum atomic E-state index is 14.3. The van der Waals surface area contributed by atoms with Crippen molar-refractivity contribution in [3.63, 3.8) is 0 Å². The highest BCUT2D eigenvalue weighted by atomic mass is 79.9. The highest BCUT2D eigenvalue weighted by Crippen LogP contribution is 2.36. The lowest BCUT2D eigenvalue weighted by atomic mass is 10.0. The Bertz CT molecular complexity index is 1060. The van der Waals surface area contributed by atoms with E-state index in [1.807, 2.05) is 19.1 Å². The Hall–Kier alpha value is -2.34. The summed E-state index contributed by atoms with van der Waals surface area (Å²) in [6.45, 7) is 4.28. The lowest BCUT2D eigenvalue weighted by Gasteiger charge is -2.31. The number of nitrogens with zero attached hydrogens (tertiary/aromatic N) is 1. The van der Waals surface area contributed by atoms with Crippen LogP contribution in [-0.2, 0) is 6.54 Å². The Morgan fingerprint density at radius 1 is 1.16 bits per heavy atom. The van der Waals surface area contributed by atoms with Crippen LogP contribution in [0.25, 0.3) is 11.0 Å². The van der Waals surface area contributed by atoms with Crippen LogP contribution in [0.4, 0.5) is 10.1 Å². The summed E-state index contributed by atoms with van der Waals surface area (Å²) in [6.07, 6.45) is 0. The van der Waals surface area contributed by atoms with Crippen molar-refractivity contribution in [1.29, 1.82) is 0 Å². The van der Waals surface area contributed by atoms with Gasteiger partial charge in [0.15, 0.2) is 6.73 Å². The van der Waals surface area contributed by atoms with Crippen LogP contribution in [0.1, 0.15) is 16.7 Å². The van der Waals surface area contributed by atoms with Gasteiger partial charge in [0.25, 0.3) is 0 Å². The second kappa shape index (κ2) is 5.88. The maximum Gasteiger partial charge on any atom is 0.339 e. The molecule has 2 aromatic carbocycles. The van der Waals surface area contributed by atoms with Crippen molar-refractivity contribution in [2.75, 3.05) is 11.6 Å². The Kier molecular flexibility index (Phi) is 3.80. The topological polar surface area (TPSA) is 42.7 Å². The highest BCUT2D eigenvalue weighted by Gasteiger charge is 2.24. The number of ether oxygens (including phenoxy) is 1. The second-order valence-electron chi connectivity index (χ2n) is 6.13. The number of hydrogen-bond donors (Lipinski definition) is 0. The molecule has 0 saturated carbocycles. The Balaban J connectivity index is 1.86. The minimum atomic E-state index is -0.356. The molecule has 0 fully saturated rings. The fourth-order valence-electron chi connectivity index (χ4n) is 3.11. The molecule has 0 aliphatic carbocycles. The van der Waals surface area contributed by atoms with Crippen LogP contribution < -0.4 is 15.3 Å². The van der Waals surface area contributed by atoms with Crippen LogP contribution in [0.5, 0.6) is 5.75 Å². The van der Waals surface area contributed by atoms with Crippen molar-refractivity contribution < 1.29 is 13.5 Å². The maximum absolute atomic E-state index is 14.3. The third-order valence-electron chi connectivity index (χ3n) is 4.66. The highest BCUT2D eigenvalue weighted by molar-refractivity contribution is 9.10. The van der Waals surface area contributed by atoms with Crippen LogP contribution in [-0.4, -0.2) is 6.73 Å². The molecule has 0 N–H and O–H groups in total. The van der Waals surface area contributed by atoms with Gasteiger partial charge in [0, 0.05) is 15.4 Å². The van der Waals surface area contributed by atoms with Gasteiger partial charge in [-0.05, 0) is 49.7 Å². The normalized spacial score (nSPS) is 13.7. The smallest absolute Gasteiger partial charge is 0.339 e. The van der Waals surface area contributed by atoms with Crippen LogP contribution in [0.3, 0.4) is 0 Å². The molecule has 0 unspecified atom stereocenters. The average Bonchev–Trinajstić information content (AvgIpc) is 2.59. The number of hydrogen-bond acceptors (Lipinski definition) is 4. The molecule has 1 aliphatic heterocycles. The molecule has 0 bridgehead atoms. The molecule has 1 aliphatic rings. The van der Waals surface area contributed by atoms with E-state index in [4.69, 9.17) is 9.15 Å². The number of rotatable bonds is 1. The van der Waals surface area contributed by atoms with Crippen molar-refractivity contribution in [2.24, 2.45) is 0 Å². The van der Waals surface area contributed by atoms with E-state index < -0.39 is 0 Å². The fourth-order valence-corrected chi connectivity index (χ4v) is 3.44. The van der Waals surface area contributed by atoms with Gasteiger partial charge in [-0.15, -0.1) is 0 Å². The van der Waals surface area contributed by atoms with Crippen LogP contribution in [0, 0.1) is 19.7 Å². The molecular weight excluding hydrogens is 389 g/mol. The van der Waals surface area contributed by atoms with Gasteiger partial charge in [-0.25, -0.2) is 9.18 Å². The monoisotopic (exact) mass is 403 g/mol. The number of benzene rings is 2. The zero-order chi connectivity index (χ0) is 17.7. The van der Waals surface area contributed by atoms with Crippen LogP contribution in [0.15, 0.2) is 44.0 Å². The first-order valence-electron chi connectivity index (χ1n) is 7.84. The Morgan fingerprint density at radius 2 is 1.96 bits per heavy atom. The number of fused-ring (bicyclic) bond motifs is 3. The molecule has 4 nitrogen and oxygen atoms in total. The summed E-state index contributed by atoms with van der Waals surface area (Å²) < 4.78 is 26.3. The van der Waals surface area contributed by atoms with Crippen molar-refractivity contribution in [3.05, 3.63) is 67.7 Å². The third kappa shape index (κ3) is 2.61. The summed E-state index contributed by atoms with van der Waals surface area (Å²) in [5.41, 5.74) is 2.84. The average molecular weight is 404 g/mol. The molecule has 1 aromatic heterocycles. The quantitative estimate of drug-likeness (QED) is 0.553. The lowest BCUT2D eigenvalue weighted by Crippen LogP contribution is -2.32. The number of halogens is 2. The van der Waals surface area contributed by atoms with Gasteiger partial charge >= 0.3 is 5.63 Å². The lowest BCUT2D eigenvalue weighted by molar-refractivity contribution is 0.287. The fraction of sp³-hybridized carbons (Fsp3) is 0.211. The molecule has 0 spiro atoms. The van der Waals surface area contributed by atoms with Crippen molar-refractivity contribution in [2.45, 2.75) is 20.4 Å². The standard InChI is InChI=1S/C19H15BrFNO3/c1-10-11(2)19(23)25-18-13(10)4-6-17-14(18)8-22(9-24-17)16-5-3-12(20)7-15(16)21/h3-7H,8-9H2,1-2H3. The summed E-state index contributed by atoms with van der Waals surface area (Å²) in [7, 11) is 0. The molecule has 0 atom stereocenters. The van der Waals surface area contributed by atoms with E-state index >= 15 is 0 Å². The van der Waals surface area contributed by atoms with E-state index in [1.165, 1.54) is 6.07 Å². The van der Waals surface area contributed by atoms with E-state index in [2.05, 4.69) is 15.9 Å². The first-order chi connectivity index (χ1) is 12.0. The molecule has 0 radical (unpaired) electrons.